The lowest BCUT2D eigenvalue weighted by atomic mass is 9.79. The average Bonchev–Trinajstić information content (AvgIpc) is 4.08. The number of hydrogen-bond donors (Lipinski definition) is 10. The van der Waals surface area contributed by atoms with Crippen LogP contribution in [0.2, 0.25) is 0 Å². The Morgan fingerprint density at radius 1 is 0.657 bits per heavy atom. The monoisotopic (exact) mass is 932 g/mol. The fourth-order valence-corrected chi connectivity index (χ4v) is 6.97. The molecule has 0 saturated heterocycles. The van der Waals surface area contributed by atoms with E-state index in [0.29, 0.717) is 0 Å². The van der Waals surface area contributed by atoms with Crippen molar-refractivity contribution in [3.63, 3.8) is 0 Å². The molecule has 2 saturated carbocycles. The highest BCUT2D eigenvalue weighted by Gasteiger charge is 2.71. The summed E-state index contributed by atoms with van der Waals surface area (Å²) in [5.74, 6) is -14.4. The number of esters is 2. The minimum absolute atomic E-state index is 0.175. The molecule has 0 aromatic heterocycles. The number of Topliss-reactive ketones (excluding diaryl/α,β-unsaturated/α-hetero) is 1. The van der Waals surface area contributed by atoms with Gasteiger partial charge in [0.05, 0.1) is 6.10 Å². The second kappa shape index (κ2) is 20.4. The molecule has 10 N–H and O–H groups in total. The molecule has 0 radical (unpaired) electrons. The van der Waals surface area contributed by atoms with Crippen LogP contribution >= 0.6 is 0 Å². The number of ketones is 1. The summed E-state index contributed by atoms with van der Waals surface area (Å²) in [7, 11) is 0. The van der Waals surface area contributed by atoms with Gasteiger partial charge in [0, 0.05) is 42.7 Å². The fraction of sp³-hybridized carbons (Fsp3) is 0.333. The van der Waals surface area contributed by atoms with Crippen molar-refractivity contribution in [2.24, 2.45) is 5.92 Å². The second-order valence-electron chi connectivity index (χ2n) is 15.4. The van der Waals surface area contributed by atoms with E-state index in [1.165, 1.54) is 49.3 Å². The number of carbonyl (C=O) groups is 4. The van der Waals surface area contributed by atoms with Gasteiger partial charge in [0.15, 0.2) is 46.2 Å². The third-order valence-corrected chi connectivity index (χ3v) is 10.6. The van der Waals surface area contributed by atoms with Gasteiger partial charge >= 0.3 is 29.5 Å². The van der Waals surface area contributed by atoms with Crippen molar-refractivity contribution in [2.75, 3.05) is 0 Å². The number of carboxylic acid groups (broad SMARTS) is 1. The molecule has 19 heteroatoms. The summed E-state index contributed by atoms with van der Waals surface area (Å²) in [5, 5.41) is 103. The van der Waals surface area contributed by atoms with E-state index in [9.17, 15) is 70.2 Å². The quantitative estimate of drug-likeness (QED) is 0.0592. The lowest BCUT2D eigenvalue weighted by Crippen LogP contribution is -2.70. The van der Waals surface area contributed by atoms with E-state index >= 15 is 0 Å². The Bertz CT molecular complexity index is 2560. The van der Waals surface area contributed by atoms with Crippen LogP contribution in [-0.4, -0.2) is 104 Å². The molecule has 6 atom stereocenters. The van der Waals surface area contributed by atoms with E-state index in [0.717, 1.165) is 60.5 Å². The fourth-order valence-electron chi connectivity index (χ4n) is 6.97. The summed E-state index contributed by atoms with van der Waals surface area (Å²) in [5.41, 5.74) is -2.99. The first kappa shape index (κ1) is 50.5. The molecule has 2 aliphatic heterocycles. The van der Waals surface area contributed by atoms with Crippen molar-refractivity contribution in [1.29, 1.82) is 0 Å². The van der Waals surface area contributed by atoms with Crippen LogP contribution in [0.25, 0.3) is 12.2 Å². The van der Waals surface area contributed by atoms with Gasteiger partial charge in [-0.25, -0.2) is 14.4 Å². The molecule has 19 nitrogen and oxygen atoms in total. The molecular formula is C48H52O19. The van der Waals surface area contributed by atoms with Gasteiger partial charge in [-0.1, -0.05) is 59.6 Å². The summed E-state index contributed by atoms with van der Waals surface area (Å²) in [6.07, 6.45) is 0.307. The molecule has 4 unspecified atom stereocenters. The molecule has 2 aliphatic carbocycles. The number of phenols is 6. The number of rotatable bonds is 8. The largest absolute Gasteiger partial charge is 0.508 e. The van der Waals surface area contributed by atoms with Crippen molar-refractivity contribution in [1.82, 2.24) is 0 Å². The second-order valence-corrected chi connectivity index (χ2v) is 15.4. The van der Waals surface area contributed by atoms with Crippen molar-refractivity contribution < 1.29 is 93.9 Å². The maximum atomic E-state index is 13.9. The van der Waals surface area contributed by atoms with Crippen LogP contribution < -0.4 is 14.2 Å². The zero-order valence-electron chi connectivity index (χ0n) is 36.9. The zero-order valence-corrected chi connectivity index (χ0v) is 36.9. The van der Waals surface area contributed by atoms with Crippen LogP contribution in [-0.2, 0) is 29.6 Å². The van der Waals surface area contributed by atoms with Gasteiger partial charge < -0.3 is 74.7 Å². The van der Waals surface area contributed by atoms with Crippen LogP contribution in [0, 0.1) is 5.92 Å². The Kier molecular flexibility index (Phi) is 15.4. The Morgan fingerprint density at radius 2 is 1.21 bits per heavy atom. The summed E-state index contributed by atoms with van der Waals surface area (Å²) in [4.78, 5) is 51.6. The van der Waals surface area contributed by atoms with Gasteiger partial charge in [0.25, 0.3) is 5.78 Å². The number of hydrogen-bond acceptors (Lipinski definition) is 18. The maximum absolute atomic E-state index is 13.9. The standard InChI is InChI=1S/C40H32O19.C4H8.2C2H6/c41-21-14-26(46)34-30(15-21)59-40(20-5-7-23(43)25(45)13-20)39(54,36(34)50)57-28-8-2-19(12-29(28)58-40)4-10-33(49)56-35-27(47)16-38(53,37(51)52)17-31(35)55-32(48)9-3-18-1-6-22(42)24(44)11-18;1-4-2-3-4;2*1-2/h1-15,27,31,35,41-47,53-54H,16-17H2,(H,51,52);4H,2-3H2,1H3;2*1-2H3/b9-3+,10-4+;;;/t27?,31-,35?,38+,39?,40?;;;/m1.../s1. The molecular weight excluding hydrogens is 881 g/mol. The number of phenolic OH excluding ortho intramolecular Hbond substituents is 6. The van der Waals surface area contributed by atoms with Crippen LogP contribution in [0.4, 0.5) is 0 Å². The number of aliphatic hydroxyl groups is 3. The highest BCUT2D eigenvalue weighted by molar-refractivity contribution is 6.08. The van der Waals surface area contributed by atoms with Gasteiger partial charge in [-0.2, -0.15) is 0 Å². The summed E-state index contributed by atoms with van der Waals surface area (Å²) in [6.45, 7) is 10.3. The van der Waals surface area contributed by atoms with Crippen molar-refractivity contribution in [3.8, 4) is 51.7 Å². The molecule has 4 aromatic carbocycles. The molecule has 0 spiro atoms. The third kappa shape index (κ3) is 10.6. The van der Waals surface area contributed by atoms with Gasteiger partial charge in [-0.3, -0.25) is 4.79 Å². The molecule has 4 aromatic rings. The minimum atomic E-state index is -3.11. The first-order valence-corrected chi connectivity index (χ1v) is 21.2. The van der Waals surface area contributed by atoms with Gasteiger partial charge in [0.1, 0.15) is 28.9 Å². The minimum Gasteiger partial charge on any atom is -0.508 e. The number of fused-ring (bicyclic) bond motifs is 3. The Balaban J connectivity index is 0.000000973. The van der Waals surface area contributed by atoms with Crippen LogP contribution in [0.15, 0.2) is 78.9 Å². The number of carboxylic acids is 1. The molecule has 2 heterocycles. The lowest BCUT2D eigenvalue weighted by Gasteiger charge is -2.50. The predicted molar refractivity (Wildman–Crippen MR) is 235 cm³/mol. The summed E-state index contributed by atoms with van der Waals surface area (Å²) < 4.78 is 28.6. The Morgan fingerprint density at radius 3 is 1.79 bits per heavy atom. The van der Waals surface area contributed by atoms with Crippen LogP contribution in [0.1, 0.15) is 87.4 Å². The molecule has 67 heavy (non-hydrogen) atoms. The first-order valence-electron chi connectivity index (χ1n) is 21.2. The number of aliphatic hydroxyl groups excluding tert-OH is 1. The van der Waals surface area contributed by atoms with E-state index in [1.807, 2.05) is 27.7 Å². The van der Waals surface area contributed by atoms with Crippen LogP contribution in [0.5, 0.6) is 51.7 Å². The number of ether oxygens (including phenoxy) is 5. The molecule has 358 valence electrons. The predicted octanol–water partition coefficient (Wildman–Crippen LogP) is 5.50. The van der Waals surface area contributed by atoms with Gasteiger partial charge in [0.2, 0.25) is 0 Å². The normalized spacial score (nSPS) is 24.4. The first-order chi connectivity index (χ1) is 31.7. The Hall–Kier alpha value is -7.48. The van der Waals surface area contributed by atoms with Gasteiger partial charge in [-0.05, 0) is 71.7 Å². The number of carbonyl (C=O) groups excluding carboxylic acids is 3. The summed E-state index contributed by atoms with van der Waals surface area (Å²) >= 11 is 0. The SMILES string of the molecule is CC.CC.CC1CC1.O=C(/C=C/c1ccc2c(c1)OC1(c3ccc(O)c(O)c3)Oc3cc(O)cc(O)c3C(=O)C1(O)O2)OC1C(O)C[C@@](O)(C(=O)O)C[C@H]1OC(=O)/C=C/c1ccc(O)c(O)c1. The molecule has 2 fully saturated rings. The van der Waals surface area contributed by atoms with Crippen LogP contribution in [0.3, 0.4) is 0 Å². The highest BCUT2D eigenvalue weighted by atomic mass is 16.8. The van der Waals surface area contributed by atoms with Crippen molar-refractivity contribution >= 4 is 35.8 Å². The van der Waals surface area contributed by atoms with Crippen molar-refractivity contribution in [2.45, 2.75) is 95.8 Å². The van der Waals surface area contributed by atoms with E-state index in [4.69, 9.17) is 23.7 Å². The lowest BCUT2D eigenvalue weighted by molar-refractivity contribution is -0.316. The molecule has 4 aliphatic rings. The average molecular weight is 933 g/mol. The molecule has 0 bridgehead atoms. The number of benzene rings is 4. The van der Waals surface area contributed by atoms with Gasteiger partial charge in [-0.15, -0.1) is 0 Å². The molecule has 8 rings (SSSR count). The maximum Gasteiger partial charge on any atom is 0.357 e. The highest BCUT2D eigenvalue weighted by Crippen LogP contribution is 2.55. The van der Waals surface area contributed by atoms with Crippen molar-refractivity contribution in [3.05, 3.63) is 101 Å². The Labute approximate surface area is 383 Å². The smallest absolute Gasteiger partial charge is 0.357 e. The van der Waals surface area contributed by atoms with E-state index in [1.54, 1.807) is 0 Å². The summed E-state index contributed by atoms with van der Waals surface area (Å²) in [6, 6.07) is 12.3. The van der Waals surface area contributed by atoms with E-state index in [2.05, 4.69) is 6.92 Å². The van der Waals surface area contributed by atoms with E-state index < -0.39 is 118 Å². The number of aromatic hydroxyl groups is 6. The number of aliphatic carboxylic acids is 1. The third-order valence-electron chi connectivity index (χ3n) is 10.6. The van der Waals surface area contributed by atoms with E-state index in [-0.39, 0.29) is 28.2 Å². The topological polar surface area (TPSA) is 317 Å². The molecule has 0 amide bonds. The zero-order chi connectivity index (χ0) is 49.6.